The van der Waals surface area contributed by atoms with Crippen LogP contribution in [0, 0.1) is 25.2 Å². The number of hydrogen-bond acceptors (Lipinski definition) is 4. The van der Waals surface area contributed by atoms with E-state index in [4.69, 9.17) is 9.72 Å². The Morgan fingerprint density at radius 3 is 3.00 bits per heavy atom. The monoisotopic (exact) mass is 319 g/mol. The minimum atomic E-state index is 0.248. The molecule has 1 aliphatic carbocycles. The summed E-state index contributed by atoms with van der Waals surface area (Å²) in [7, 11) is 2.26. The Morgan fingerprint density at radius 1 is 1.45 bits per heavy atom. The van der Waals surface area contributed by atoms with Crippen LogP contribution < -0.4 is 0 Å². The topological polar surface area (TPSA) is 29.8 Å². The number of aryl methyl sites for hydroxylation is 2. The van der Waals surface area contributed by atoms with Gasteiger partial charge in [-0.3, -0.25) is 9.30 Å². The van der Waals surface area contributed by atoms with E-state index in [1.807, 2.05) is 0 Å². The fourth-order valence-corrected chi connectivity index (χ4v) is 5.72. The molecule has 4 rings (SSSR count). The fraction of sp³-hybridized carbons (Fsp3) is 0.706. The van der Waals surface area contributed by atoms with Gasteiger partial charge < -0.3 is 4.74 Å². The molecule has 4 nitrogen and oxygen atoms in total. The van der Waals surface area contributed by atoms with Gasteiger partial charge in [-0.05, 0) is 27.3 Å². The highest BCUT2D eigenvalue weighted by molar-refractivity contribution is 7.17. The summed E-state index contributed by atoms with van der Waals surface area (Å²) in [4.78, 5) is 9.69. The lowest BCUT2D eigenvalue weighted by atomic mass is 9.57. The lowest BCUT2D eigenvalue weighted by molar-refractivity contribution is -0.151. The number of hydrogen-bond donors (Lipinski definition) is 0. The standard InChI is InChI=1S/C17H25N3OS/c1-10-8-20-13(11(2)18-16(20)22-10)9-19(5)14-12-6-7-21-15(12)17(14,3)4/h8,12,14-15H,6-7,9H2,1-5H3/t12-,14+,15+/m0/s1. The van der Waals surface area contributed by atoms with Crippen LogP contribution in [0.2, 0.25) is 0 Å². The van der Waals surface area contributed by atoms with Crippen molar-refractivity contribution in [2.45, 2.75) is 52.8 Å². The van der Waals surface area contributed by atoms with E-state index in [2.05, 4.69) is 50.2 Å². The number of imidazole rings is 1. The average Bonchev–Trinajstić information content (AvgIpc) is 3.06. The summed E-state index contributed by atoms with van der Waals surface area (Å²) in [5.41, 5.74) is 2.74. The van der Waals surface area contributed by atoms with Crippen molar-refractivity contribution in [3.8, 4) is 0 Å². The zero-order valence-electron chi connectivity index (χ0n) is 14.1. The molecule has 2 fully saturated rings. The van der Waals surface area contributed by atoms with Gasteiger partial charge >= 0.3 is 0 Å². The summed E-state index contributed by atoms with van der Waals surface area (Å²) in [6, 6.07) is 0.602. The average molecular weight is 319 g/mol. The Balaban J connectivity index is 1.61. The highest BCUT2D eigenvalue weighted by Crippen LogP contribution is 2.54. The third-order valence-corrected chi connectivity index (χ3v) is 6.55. The second kappa shape index (κ2) is 4.79. The van der Waals surface area contributed by atoms with Gasteiger partial charge in [0.1, 0.15) is 0 Å². The van der Waals surface area contributed by atoms with Crippen LogP contribution in [0.25, 0.3) is 4.96 Å². The van der Waals surface area contributed by atoms with Crippen molar-refractivity contribution >= 4 is 16.3 Å². The highest BCUT2D eigenvalue weighted by atomic mass is 32.1. The van der Waals surface area contributed by atoms with Crippen molar-refractivity contribution in [3.63, 3.8) is 0 Å². The smallest absolute Gasteiger partial charge is 0.194 e. The lowest BCUT2D eigenvalue weighted by Gasteiger charge is -2.58. The number of fused-ring (bicyclic) bond motifs is 2. The SMILES string of the molecule is Cc1cn2c(CN(C)[C@@H]3[C@@H]4CCO[C@H]4C3(C)C)c(C)nc2s1. The van der Waals surface area contributed by atoms with Gasteiger partial charge in [-0.1, -0.05) is 13.8 Å². The van der Waals surface area contributed by atoms with E-state index >= 15 is 0 Å². The lowest BCUT2D eigenvalue weighted by Crippen LogP contribution is -2.65. The molecule has 2 aromatic heterocycles. The molecule has 2 aromatic rings. The van der Waals surface area contributed by atoms with Crippen molar-refractivity contribution in [1.82, 2.24) is 14.3 Å². The van der Waals surface area contributed by atoms with Crippen LogP contribution in [-0.2, 0) is 11.3 Å². The number of thiazole rings is 1. The van der Waals surface area contributed by atoms with Gasteiger partial charge in [-0.2, -0.15) is 0 Å². The normalized spacial score (nSPS) is 30.0. The van der Waals surface area contributed by atoms with Crippen molar-refractivity contribution in [3.05, 3.63) is 22.5 Å². The molecule has 0 amide bonds. The van der Waals surface area contributed by atoms with Crippen molar-refractivity contribution in [2.24, 2.45) is 11.3 Å². The second-order valence-corrected chi connectivity index (χ2v) is 8.78. The van der Waals surface area contributed by atoms with Crippen LogP contribution in [-0.4, -0.2) is 40.1 Å². The molecule has 0 spiro atoms. The first-order valence-electron chi connectivity index (χ1n) is 8.15. The predicted octanol–water partition coefficient (Wildman–Crippen LogP) is 3.26. The van der Waals surface area contributed by atoms with E-state index in [0.717, 1.165) is 23.8 Å². The Labute approximate surface area is 136 Å². The molecule has 0 radical (unpaired) electrons. The van der Waals surface area contributed by atoms with Crippen molar-refractivity contribution < 1.29 is 4.74 Å². The number of rotatable bonds is 3. The van der Waals surface area contributed by atoms with Gasteiger partial charge in [0.05, 0.1) is 17.5 Å². The van der Waals surface area contributed by atoms with Gasteiger partial charge in [-0.15, -0.1) is 11.3 Å². The summed E-state index contributed by atoms with van der Waals surface area (Å²) in [5.74, 6) is 0.702. The van der Waals surface area contributed by atoms with Gasteiger partial charge in [0, 0.05) is 41.6 Å². The van der Waals surface area contributed by atoms with E-state index < -0.39 is 0 Å². The molecule has 1 aliphatic heterocycles. The first-order valence-corrected chi connectivity index (χ1v) is 8.97. The molecule has 22 heavy (non-hydrogen) atoms. The van der Waals surface area contributed by atoms with Crippen LogP contribution >= 0.6 is 11.3 Å². The molecule has 0 aromatic carbocycles. The van der Waals surface area contributed by atoms with E-state index in [9.17, 15) is 0 Å². The van der Waals surface area contributed by atoms with Gasteiger partial charge in [0.2, 0.25) is 0 Å². The molecule has 120 valence electrons. The molecular weight excluding hydrogens is 294 g/mol. The minimum Gasteiger partial charge on any atom is -0.377 e. The third-order valence-electron chi connectivity index (χ3n) is 5.65. The van der Waals surface area contributed by atoms with Crippen LogP contribution in [0.15, 0.2) is 6.20 Å². The molecule has 0 bridgehead atoms. The summed E-state index contributed by atoms with van der Waals surface area (Å²) >= 11 is 1.77. The molecular formula is C17H25N3OS. The second-order valence-electron chi connectivity index (χ2n) is 7.56. The number of aromatic nitrogens is 2. The van der Waals surface area contributed by atoms with E-state index in [0.29, 0.717) is 18.1 Å². The Hall–Kier alpha value is -0.910. The fourth-order valence-electron chi connectivity index (χ4n) is 4.83. The first kappa shape index (κ1) is 14.7. The van der Waals surface area contributed by atoms with E-state index in [1.54, 1.807) is 11.3 Å². The highest BCUT2D eigenvalue weighted by Gasteiger charge is 2.60. The van der Waals surface area contributed by atoms with Gasteiger partial charge in [-0.25, -0.2) is 4.98 Å². The Kier molecular flexibility index (Phi) is 3.19. The van der Waals surface area contributed by atoms with Gasteiger partial charge in [0.15, 0.2) is 4.96 Å². The maximum atomic E-state index is 5.94. The maximum absolute atomic E-state index is 5.94. The summed E-state index contributed by atoms with van der Waals surface area (Å²) in [5, 5.41) is 0. The van der Waals surface area contributed by atoms with Crippen molar-refractivity contribution in [2.75, 3.05) is 13.7 Å². The number of nitrogens with zero attached hydrogens (tertiary/aromatic N) is 3. The zero-order valence-corrected chi connectivity index (χ0v) is 14.9. The van der Waals surface area contributed by atoms with Gasteiger partial charge in [0.25, 0.3) is 0 Å². The van der Waals surface area contributed by atoms with Crippen LogP contribution in [0.3, 0.4) is 0 Å². The molecule has 0 unspecified atom stereocenters. The summed E-state index contributed by atoms with van der Waals surface area (Å²) < 4.78 is 8.22. The first-order chi connectivity index (χ1) is 10.4. The predicted molar refractivity (Wildman–Crippen MR) is 89.4 cm³/mol. The van der Waals surface area contributed by atoms with Crippen LogP contribution in [0.4, 0.5) is 0 Å². The number of ether oxygens (including phenoxy) is 1. The maximum Gasteiger partial charge on any atom is 0.194 e. The van der Waals surface area contributed by atoms with Crippen molar-refractivity contribution in [1.29, 1.82) is 0 Å². The minimum absolute atomic E-state index is 0.248. The quantitative estimate of drug-likeness (QED) is 0.870. The Morgan fingerprint density at radius 2 is 2.23 bits per heavy atom. The molecule has 5 heteroatoms. The molecule has 3 heterocycles. The molecule has 3 atom stereocenters. The van der Waals surface area contributed by atoms with Crippen LogP contribution in [0.5, 0.6) is 0 Å². The van der Waals surface area contributed by atoms with E-state index in [1.165, 1.54) is 17.0 Å². The van der Waals surface area contributed by atoms with E-state index in [-0.39, 0.29) is 5.41 Å². The van der Waals surface area contributed by atoms with Crippen LogP contribution in [0.1, 0.15) is 36.5 Å². The Bertz CT molecular complexity index is 717. The molecule has 1 saturated carbocycles. The zero-order chi connectivity index (χ0) is 15.6. The molecule has 0 N–H and O–H groups in total. The third kappa shape index (κ3) is 1.92. The summed E-state index contributed by atoms with van der Waals surface area (Å²) in [6.07, 6.45) is 3.88. The molecule has 1 saturated heterocycles. The largest absolute Gasteiger partial charge is 0.377 e. The molecule has 2 aliphatic rings. The summed E-state index contributed by atoms with van der Waals surface area (Å²) in [6.45, 7) is 10.9.